The second kappa shape index (κ2) is 9.81. The standard InChI is InChI=1S/C28H32F3N3O2/c1-36-23-7-4-5-21(15-23)17-27(11-12-27)34-13-9-20(10-14-34)18-33(19-28(29,30)31)26(35)25-16-22-6-2-3-8-24(22)32-25/h2-8,15-16,20,32H,9-14,17-19H2,1H3. The second-order valence-corrected chi connectivity index (χ2v) is 10.3. The molecule has 1 amide bonds. The van der Waals surface area contributed by atoms with Crippen molar-refractivity contribution < 1.29 is 22.7 Å². The molecule has 1 N–H and O–H groups in total. The Morgan fingerprint density at radius 2 is 1.86 bits per heavy atom. The highest BCUT2D eigenvalue weighted by atomic mass is 19.4. The smallest absolute Gasteiger partial charge is 0.406 e. The maximum atomic E-state index is 13.4. The molecule has 0 atom stereocenters. The molecule has 1 aromatic heterocycles. The zero-order valence-corrected chi connectivity index (χ0v) is 20.5. The number of aromatic nitrogens is 1. The molecule has 5 nitrogen and oxygen atoms in total. The number of hydrogen-bond acceptors (Lipinski definition) is 3. The zero-order valence-electron chi connectivity index (χ0n) is 20.5. The normalized spacial score (nSPS) is 18.3. The van der Waals surface area contributed by atoms with Crippen LogP contribution in [0.3, 0.4) is 0 Å². The fraction of sp³-hybridized carbons (Fsp3) is 0.464. The number of aromatic amines is 1. The largest absolute Gasteiger partial charge is 0.497 e. The monoisotopic (exact) mass is 499 g/mol. The minimum absolute atomic E-state index is 0.0459. The number of halogens is 3. The molecule has 2 fully saturated rings. The van der Waals surface area contributed by atoms with Gasteiger partial charge in [-0.2, -0.15) is 13.2 Å². The number of carbonyl (C=O) groups excluding carboxylic acids is 1. The molecule has 3 aromatic rings. The van der Waals surface area contributed by atoms with E-state index in [1.165, 1.54) is 5.56 Å². The van der Waals surface area contributed by atoms with Gasteiger partial charge in [0.2, 0.25) is 0 Å². The summed E-state index contributed by atoms with van der Waals surface area (Å²) in [4.78, 5) is 19.6. The van der Waals surface area contributed by atoms with Crippen LogP contribution in [-0.2, 0) is 6.42 Å². The predicted molar refractivity (Wildman–Crippen MR) is 133 cm³/mol. The van der Waals surface area contributed by atoms with Crippen molar-refractivity contribution in [3.8, 4) is 5.75 Å². The summed E-state index contributed by atoms with van der Waals surface area (Å²) in [7, 11) is 1.67. The first kappa shape index (κ1) is 24.7. The topological polar surface area (TPSA) is 48.6 Å². The van der Waals surface area contributed by atoms with E-state index in [2.05, 4.69) is 22.0 Å². The number of amides is 1. The number of nitrogens with zero attached hydrogens (tertiary/aromatic N) is 2. The quantitative estimate of drug-likeness (QED) is 0.435. The molecule has 1 aliphatic heterocycles. The first-order valence-corrected chi connectivity index (χ1v) is 12.6. The van der Waals surface area contributed by atoms with Crippen LogP contribution < -0.4 is 4.74 Å². The van der Waals surface area contributed by atoms with Crippen LogP contribution in [0.25, 0.3) is 10.9 Å². The molecule has 1 aliphatic carbocycles. The summed E-state index contributed by atoms with van der Waals surface area (Å²) >= 11 is 0. The van der Waals surface area contributed by atoms with E-state index < -0.39 is 18.6 Å². The molecule has 0 spiro atoms. The fourth-order valence-electron chi connectivity index (χ4n) is 5.61. The van der Waals surface area contributed by atoms with Gasteiger partial charge in [-0.1, -0.05) is 30.3 Å². The van der Waals surface area contributed by atoms with Crippen molar-refractivity contribution in [1.29, 1.82) is 0 Å². The lowest BCUT2D eigenvalue weighted by Gasteiger charge is -2.39. The minimum atomic E-state index is -4.45. The van der Waals surface area contributed by atoms with E-state index in [4.69, 9.17) is 4.74 Å². The second-order valence-electron chi connectivity index (χ2n) is 10.3. The van der Waals surface area contributed by atoms with E-state index in [1.54, 1.807) is 13.2 Å². The molecule has 2 aliphatic rings. The molecular weight excluding hydrogens is 467 g/mol. The molecular formula is C28H32F3N3O2. The summed E-state index contributed by atoms with van der Waals surface area (Å²) < 4.78 is 45.6. The van der Waals surface area contributed by atoms with Crippen LogP contribution in [0.2, 0.25) is 0 Å². The highest BCUT2D eigenvalue weighted by Gasteiger charge is 2.48. The fourth-order valence-corrected chi connectivity index (χ4v) is 5.61. The predicted octanol–water partition coefficient (Wildman–Crippen LogP) is 5.67. The van der Waals surface area contributed by atoms with Gasteiger partial charge < -0.3 is 14.6 Å². The summed E-state index contributed by atoms with van der Waals surface area (Å²) in [6.07, 6.45) is 0.343. The lowest BCUT2D eigenvalue weighted by molar-refractivity contribution is -0.142. The van der Waals surface area contributed by atoms with Gasteiger partial charge in [0, 0.05) is 23.0 Å². The highest BCUT2D eigenvalue weighted by Crippen LogP contribution is 2.46. The van der Waals surface area contributed by atoms with Gasteiger partial charge in [0.15, 0.2) is 0 Å². The Morgan fingerprint density at radius 3 is 2.53 bits per heavy atom. The van der Waals surface area contributed by atoms with Gasteiger partial charge in [-0.05, 0) is 80.9 Å². The first-order chi connectivity index (χ1) is 17.2. The summed E-state index contributed by atoms with van der Waals surface area (Å²) in [5.74, 6) is 0.304. The third-order valence-corrected chi connectivity index (χ3v) is 7.68. The average Bonchev–Trinajstić information content (AvgIpc) is 3.50. The van der Waals surface area contributed by atoms with Crippen molar-refractivity contribution in [2.45, 2.75) is 43.8 Å². The van der Waals surface area contributed by atoms with Crippen LogP contribution in [0.15, 0.2) is 54.6 Å². The summed E-state index contributed by atoms with van der Waals surface area (Å²) in [6.45, 7) is 0.565. The SMILES string of the molecule is COc1cccc(CC2(N3CCC(CN(CC(F)(F)F)C(=O)c4cc5ccccc5[nH]4)CC3)CC2)c1. The van der Waals surface area contributed by atoms with Crippen LogP contribution in [-0.4, -0.2) is 65.7 Å². The molecule has 192 valence electrons. The third kappa shape index (κ3) is 5.53. The van der Waals surface area contributed by atoms with Crippen LogP contribution in [0.1, 0.15) is 41.7 Å². The van der Waals surface area contributed by atoms with E-state index in [1.807, 2.05) is 36.4 Å². The van der Waals surface area contributed by atoms with Gasteiger partial charge in [-0.15, -0.1) is 0 Å². The molecule has 0 unspecified atom stereocenters. The minimum Gasteiger partial charge on any atom is -0.497 e. The first-order valence-electron chi connectivity index (χ1n) is 12.6. The molecule has 1 saturated carbocycles. The van der Waals surface area contributed by atoms with E-state index in [-0.39, 0.29) is 23.7 Å². The number of alkyl halides is 3. The number of H-pyrrole nitrogens is 1. The molecule has 2 heterocycles. The van der Waals surface area contributed by atoms with Gasteiger partial charge in [0.1, 0.15) is 18.0 Å². The molecule has 5 rings (SSSR count). The Bertz CT molecular complexity index is 1180. The molecule has 36 heavy (non-hydrogen) atoms. The number of likely N-dealkylation sites (tertiary alicyclic amines) is 1. The third-order valence-electron chi connectivity index (χ3n) is 7.68. The number of para-hydroxylation sites is 1. The Balaban J connectivity index is 1.23. The molecule has 1 saturated heterocycles. The van der Waals surface area contributed by atoms with Gasteiger partial charge in [0.05, 0.1) is 7.11 Å². The van der Waals surface area contributed by atoms with Crippen LogP contribution in [0.5, 0.6) is 5.75 Å². The van der Waals surface area contributed by atoms with E-state index in [0.29, 0.717) is 0 Å². The van der Waals surface area contributed by atoms with Gasteiger partial charge in [0.25, 0.3) is 5.91 Å². The maximum Gasteiger partial charge on any atom is 0.406 e. The van der Waals surface area contributed by atoms with E-state index in [9.17, 15) is 18.0 Å². The van der Waals surface area contributed by atoms with Crippen LogP contribution in [0, 0.1) is 5.92 Å². The number of nitrogens with one attached hydrogen (secondary N) is 1. The Kier molecular flexibility index (Phi) is 6.72. The number of rotatable bonds is 8. The van der Waals surface area contributed by atoms with Crippen molar-refractivity contribution in [3.63, 3.8) is 0 Å². The zero-order chi connectivity index (χ0) is 25.3. The maximum absolute atomic E-state index is 13.4. The number of piperidine rings is 1. The molecule has 0 radical (unpaired) electrons. The molecule has 8 heteroatoms. The van der Waals surface area contributed by atoms with Crippen molar-refractivity contribution in [2.24, 2.45) is 5.92 Å². The number of carbonyl (C=O) groups is 1. The Hall–Kier alpha value is -3.00. The van der Waals surface area contributed by atoms with E-state index in [0.717, 1.165) is 66.7 Å². The number of methoxy groups -OCH3 is 1. The lowest BCUT2D eigenvalue weighted by Crippen LogP contribution is -2.48. The summed E-state index contributed by atoms with van der Waals surface area (Å²) in [5.41, 5.74) is 2.33. The summed E-state index contributed by atoms with van der Waals surface area (Å²) in [6, 6.07) is 17.1. The highest BCUT2D eigenvalue weighted by molar-refractivity contribution is 5.98. The molecule has 2 aromatic carbocycles. The summed E-state index contributed by atoms with van der Waals surface area (Å²) in [5, 5.41) is 0.812. The molecule has 0 bridgehead atoms. The van der Waals surface area contributed by atoms with E-state index >= 15 is 0 Å². The average molecular weight is 500 g/mol. The lowest BCUT2D eigenvalue weighted by atomic mass is 9.92. The number of fused-ring (bicyclic) bond motifs is 1. The van der Waals surface area contributed by atoms with Crippen LogP contribution in [0.4, 0.5) is 13.2 Å². The number of hydrogen-bond donors (Lipinski definition) is 1. The van der Waals surface area contributed by atoms with Gasteiger partial charge in [-0.25, -0.2) is 0 Å². The van der Waals surface area contributed by atoms with Crippen molar-refractivity contribution in [1.82, 2.24) is 14.8 Å². The van der Waals surface area contributed by atoms with Gasteiger partial charge >= 0.3 is 6.18 Å². The van der Waals surface area contributed by atoms with Crippen molar-refractivity contribution >= 4 is 16.8 Å². The Labute approximate surface area is 209 Å². The van der Waals surface area contributed by atoms with Crippen molar-refractivity contribution in [3.05, 3.63) is 65.9 Å². The van der Waals surface area contributed by atoms with Crippen LogP contribution >= 0.6 is 0 Å². The number of benzene rings is 2. The number of ether oxygens (including phenoxy) is 1. The van der Waals surface area contributed by atoms with Crippen molar-refractivity contribution in [2.75, 3.05) is 33.3 Å². The van der Waals surface area contributed by atoms with Gasteiger partial charge in [-0.3, -0.25) is 9.69 Å². The Morgan fingerprint density at radius 1 is 1.11 bits per heavy atom.